The summed E-state index contributed by atoms with van der Waals surface area (Å²) < 4.78 is 53.6. The largest absolute Gasteiger partial charge is 0.486 e. The van der Waals surface area contributed by atoms with E-state index in [4.69, 9.17) is 21.1 Å². The summed E-state index contributed by atoms with van der Waals surface area (Å²) in [6.07, 6.45) is 0. The van der Waals surface area contributed by atoms with E-state index < -0.39 is 40.2 Å². The van der Waals surface area contributed by atoms with Crippen molar-refractivity contribution in [1.82, 2.24) is 10.2 Å². The standard InChI is InChI=1S/C28H29ClFN3O6S/c1-3-31-28(35)19(2)32(17-20-5-4-6-21(29)15-20)27(34)18-33(23-9-7-22(30)8-10-23)40(36,37)24-11-12-25-26(16-24)39-14-13-38-25/h4-12,15-16,19H,3,13-14,17-18H2,1-2H3,(H,31,35)/t19-/m0/s1. The summed E-state index contributed by atoms with van der Waals surface area (Å²) in [7, 11) is -4.36. The molecule has 3 aromatic rings. The van der Waals surface area contributed by atoms with E-state index in [1.165, 1.54) is 35.2 Å². The van der Waals surface area contributed by atoms with Gasteiger partial charge >= 0.3 is 0 Å². The minimum atomic E-state index is -4.36. The van der Waals surface area contributed by atoms with Crippen LogP contribution >= 0.6 is 11.6 Å². The van der Waals surface area contributed by atoms with Crippen LogP contribution in [0.3, 0.4) is 0 Å². The number of hydrogen-bond donors (Lipinski definition) is 1. The Morgan fingerprint density at radius 1 is 1.02 bits per heavy atom. The number of anilines is 1. The smallest absolute Gasteiger partial charge is 0.264 e. The van der Waals surface area contributed by atoms with Crippen LogP contribution in [0.25, 0.3) is 0 Å². The zero-order chi connectivity index (χ0) is 28.9. The third kappa shape index (κ3) is 6.65. The van der Waals surface area contributed by atoms with Gasteiger partial charge in [0.15, 0.2) is 11.5 Å². The number of rotatable bonds is 10. The quantitative estimate of drug-likeness (QED) is 0.383. The van der Waals surface area contributed by atoms with Crippen molar-refractivity contribution in [2.24, 2.45) is 0 Å². The molecule has 212 valence electrons. The van der Waals surface area contributed by atoms with E-state index >= 15 is 0 Å². The second kappa shape index (κ2) is 12.6. The fourth-order valence-electron chi connectivity index (χ4n) is 4.18. The average Bonchev–Trinajstić information content (AvgIpc) is 2.94. The Hall–Kier alpha value is -3.83. The second-order valence-electron chi connectivity index (χ2n) is 9.02. The normalized spacial score (nSPS) is 13.3. The Morgan fingerprint density at radius 3 is 2.40 bits per heavy atom. The lowest BCUT2D eigenvalue weighted by Crippen LogP contribution is -2.51. The molecule has 3 aromatic carbocycles. The summed E-state index contributed by atoms with van der Waals surface area (Å²) in [6.45, 7) is 3.59. The molecule has 4 rings (SSSR count). The molecule has 1 N–H and O–H groups in total. The maximum Gasteiger partial charge on any atom is 0.264 e. The summed E-state index contributed by atoms with van der Waals surface area (Å²) in [5.41, 5.74) is 0.720. The number of halogens is 2. The Bertz CT molecular complexity index is 1490. The van der Waals surface area contributed by atoms with Gasteiger partial charge in [-0.25, -0.2) is 12.8 Å². The number of nitrogens with zero attached hydrogens (tertiary/aromatic N) is 2. The molecule has 9 nitrogen and oxygen atoms in total. The van der Waals surface area contributed by atoms with Crippen molar-refractivity contribution >= 4 is 39.1 Å². The molecule has 40 heavy (non-hydrogen) atoms. The van der Waals surface area contributed by atoms with Crippen LogP contribution in [0.2, 0.25) is 5.02 Å². The van der Waals surface area contributed by atoms with Crippen molar-refractivity contribution in [3.05, 3.63) is 83.1 Å². The predicted molar refractivity (Wildman–Crippen MR) is 149 cm³/mol. The lowest BCUT2D eigenvalue weighted by Gasteiger charge is -2.32. The molecule has 12 heteroatoms. The molecule has 0 saturated heterocycles. The molecular weight excluding hydrogens is 561 g/mol. The van der Waals surface area contributed by atoms with E-state index in [2.05, 4.69) is 5.32 Å². The van der Waals surface area contributed by atoms with Crippen LogP contribution in [0.4, 0.5) is 10.1 Å². The molecule has 0 unspecified atom stereocenters. The van der Waals surface area contributed by atoms with Crippen LogP contribution in [-0.2, 0) is 26.2 Å². The van der Waals surface area contributed by atoms with Gasteiger partial charge in [-0.1, -0.05) is 23.7 Å². The van der Waals surface area contributed by atoms with Crippen LogP contribution in [0.1, 0.15) is 19.4 Å². The fraction of sp³-hybridized carbons (Fsp3) is 0.286. The van der Waals surface area contributed by atoms with Gasteiger partial charge in [0.05, 0.1) is 10.6 Å². The molecule has 0 bridgehead atoms. The van der Waals surface area contributed by atoms with Gasteiger partial charge in [0.2, 0.25) is 11.8 Å². The Morgan fingerprint density at radius 2 is 1.73 bits per heavy atom. The Labute approximate surface area is 237 Å². The molecule has 1 aliphatic rings. The monoisotopic (exact) mass is 589 g/mol. The number of nitrogens with one attached hydrogen (secondary N) is 1. The number of ether oxygens (including phenoxy) is 2. The van der Waals surface area contributed by atoms with E-state index in [1.807, 2.05) is 0 Å². The number of benzene rings is 3. The lowest BCUT2D eigenvalue weighted by atomic mass is 10.1. The van der Waals surface area contributed by atoms with Crippen molar-refractivity contribution in [2.75, 3.05) is 30.6 Å². The number of likely N-dealkylation sites (N-methyl/N-ethyl adjacent to an activating group) is 1. The minimum Gasteiger partial charge on any atom is -0.486 e. The molecule has 0 radical (unpaired) electrons. The van der Waals surface area contributed by atoms with Crippen LogP contribution in [0, 0.1) is 5.82 Å². The highest BCUT2D eigenvalue weighted by Gasteiger charge is 2.33. The summed E-state index contributed by atoms with van der Waals surface area (Å²) in [5.74, 6) is -0.965. The van der Waals surface area contributed by atoms with Gasteiger partial charge in [-0.15, -0.1) is 0 Å². The van der Waals surface area contributed by atoms with Crippen LogP contribution < -0.4 is 19.1 Å². The van der Waals surface area contributed by atoms with Gasteiger partial charge in [-0.05, 0) is 67.9 Å². The first-order valence-electron chi connectivity index (χ1n) is 12.6. The van der Waals surface area contributed by atoms with Crippen molar-refractivity contribution in [1.29, 1.82) is 0 Å². The fourth-order valence-corrected chi connectivity index (χ4v) is 5.83. The predicted octanol–water partition coefficient (Wildman–Crippen LogP) is 4.00. The van der Waals surface area contributed by atoms with Gasteiger partial charge < -0.3 is 19.7 Å². The zero-order valence-electron chi connectivity index (χ0n) is 22.0. The first kappa shape index (κ1) is 29.2. The van der Waals surface area contributed by atoms with Crippen molar-refractivity contribution in [3.63, 3.8) is 0 Å². The van der Waals surface area contributed by atoms with E-state index in [-0.39, 0.29) is 29.5 Å². The summed E-state index contributed by atoms with van der Waals surface area (Å²) in [6, 6.07) is 14.8. The summed E-state index contributed by atoms with van der Waals surface area (Å²) >= 11 is 6.13. The van der Waals surface area contributed by atoms with Gasteiger partial charge in [-0.3, -0.25) is 13.9 Å². The zero-order valence-corrected chi connectivity index (χ0v) is 23.5. The van der Waals surface area contributed by atoms with Crippen molar-refractivity contribution in [2.45, 2.75) is 31.3 Å². The van der Waals surface area contributed by atoms with Gasteiger partial charge in [0, 0.05) is 24.2 Å². The molecule has 0 saturated carbocycles. The number of fused-ring (bicyclic) bond motifs is 1. The Balaban J connectivity index is 1.72. The van der Waals surface area contributed by atoms with Gasteiger partial charge in [-0.2, -0.15) is 0 Å². The van der Waals surface area contributed by atoms with E-state index in [0.29, 0.717) is 29.5 Å². The van der Waals surface area contributed by atoms with Crippen molar-refractivity contribution < 1.29 is 31.9 Å². The number of carbonyl (C=O) groups excluding carboxylic acids is 2. The summed E-state index contributed by atoms with van der Waals surface area (Å²) in [4.78, 5) is 27.7. The van der Waals surface area contributed by atoms with E-state index in [1.54, 1.807) is 38.1 Å². The highest BCUT2D eigenvalue weighted by atomic mass is 35.5. The molecule has 0 fully saturated rings. The first-order chi connectivity index (χ1) is 19.1. The van der Waals surface area contributed by atoms with Crippen LogP contribution in [0.5, 0.6) is 11.5 Å². The SMILES string of the molecule is CCNC(=O)[C@H](C)N(Cc1cccc(Cl)c1)C(=O)CN(c1ccc(F)cc1)S(=O)(=O)c1ccc2c(c1)OCCO2. The highest BCUT2D eigenvalue weighted by Crippen LogP contribution is 2.34. The van der Waals surface area contributed by atoms with Gasteiger partial charge in [0.25, 0.3) is 10.0 Å². The Kier molecular flexibility index (Phi) is 9.16. The number of sulfonamides is 1. The molecule has 1 atom stereocenters. The molecule has 2 amide bonds. The molecular formula is C28H29ClFN3O6S. The number of amides is 2. The second-order valence-corrected chi connectivity index (χ2v) is 11.3. The van der Waals surface area contributed by atoms with Gasteiger partial charge in [0.1, 0.15) is 31.6 Å². The van der Waals surface area contributed by atoms with Crippen LogP contribution in [-0.4, -0.2) is 57.5 Å². The molecule has 1 heterocycles. The maximum absolute atomic E-state index is 13.9. The van der Waals surface area contributed by atoms with Crippen molar-refractivity contribution in [3.8, 4) is 11.5 Å². The maximum atomic E-state index is 13.9. The minimum absolute atomic E-state index is 0.000969. The molecule has 0 aliphatic carbocycles. The van der Waals surface area contributed by atoms with E-state index in [0.717, 1.165) is 16.4 Å². The topological polar surface area (TPSA) is 105 Å². The average molecular weight is 590 g/mol. The lowest BCUT2D eigenvalue weighted by molar-refractivity contribution is -0.139. The number of hydrogen-bond acceptors (Lipinski definition) is 6. The summed E-state index contributed by atoms with van der Waals surface area (Å²) in [5, 5.41) is 3.14. The third-order valence-corrected chi connectivity index (χ3v) is 8.26. The first-order valence-corrected chi connectivity index (χ1v) is 14.4. The van der Waals surface area contributed by atoms with E-state index in [9.17, 15) is 22.4 Å². The number of carbonyl (C=O) groups is 2. The molecule has 0 aromatic heterocycles. The molecule has 1 aliphatic heterocycles. The molecule has 0 spiro atoms. The third-order valence-electron chi connectivity index (χ3n) is 6.26. The highest BCUT2D eigenvalue weighted by molar-refractivity contribution is 7.92. The van der Waals surface area contributed by atoms with Crippen LogP contribution in [0.15, 0.2) is 71.6 Å².